The van der Waals surface area contributed by atoms with Crippen LogP contribution in [-0.2, 0) is 6.54 Å². The highest BCUT2D eigenvalue weighted by Crippen LogP contribution is 2.31. The first-order valence-electron chi connectivity index (χ1n) is 8.26. The molecule has 21 heavy (non-hydrogen) atoms. The lowest BCUT2D eigenvalue weighted by molar-refractivity contribution is 0.260. The smallest absolute Gasteiger partial charge is 0.0511 e. The lowest BCUT2D eigenvalue weighted by Gasteiger charge is -2.25. The van der Waals surface area contributed by atoms with Crippen LogP contribution in [0.15, 0.2) is 22.7 Å². The number of nitrogens with zero attached hydrogens (tertiary/aromatic N) is 2. The minimum Gasteiger partial charge on any atom is -0.369 e. The molecule has 4 heteroatoms. The lowest BCUT2D eigenvalue weighted by Crippen LogP contribution is -2.35. The van der Waals surface area contributed by atoms with Gasteiger partial charge in [0.05, 0.1) is 5.69 Å². The van der Waals surface area contributed by atoms with Crippen LogP contribution in [0.5, 0.6) is 0 Å². The topological polar surface area (TPSA) is 18.5 Å². The van der Waals surface area contributed by atoms with Crippen molar-refractivity contribution >= 4 is 21.6 Å². The Hall–Kier alpha value is -0.580. The average Bonchev–Trinajstić information content (AvgIpc) is 3.15. The molecular weight excluding hydrogens is 326 g/mol. The van der Waals surface area contributed by atoms with Crippen LogP contribution < -0.4 is 10.2 Å². The summed E-state index contributed by atoms with van der Waals surface area (Å²) < 4.78 is 1.24. The van der Waals surface area contributed by atoms with Crippen LogP contribution in [0.1, 0.15) is 31.7 Å². The van der Waals surface area contributed by atoms with Gasteiger partial charge in [-0.2, -0.15) is 0 Å². The van der Waals surface area contributed by atoms with Crippen molar-refractivity contribution in [2.75, 3.05) is 37.6 Å². The maximum absolute atomic E-state index is 3.77. The van der Waals surface area contributed by atoms with Gasteiger partial charge in [0.15, 0.2) is 0 Å². The molecule has 0 aliphatic carbocycles. The zero-order valence-corrected chi connectivity index (χ0v) is 14.5. The highest BCUT2D eigenvalue weighted by atomic mass is 79.9. The Morgan fingerprint density at radius 3 is 2.76 bits per heavy atom. The Labute approximate surface area is 136 Å². The number of hydrogen-bond donors (Lipinski definition) is 1. The number of anilines is 1. The zero-order chi connectivity index (χ0) is 14.7. The molecule has 2 saturated heterocycles. The van der Waals surface area contributed by atoms with Crippen molar-refractivity contribution in [2.45, 2.75) is 38.8 Å². The molecular formula is C17H26BrN3. The monoisotopic (exact) mass is 351 g/mol. The highest BCUT2D eigenvalue weighted by Gasteiger charge is 2.29. The first-order valence-corrected chi connectivity index (χ1v) is 9.05. The van der Waals surface area contributed by atoms with Gasteiger partial charge in [0.25, 0.3) is 0 Å². The Balaban J connectivity index is 1.64. The fourth-order valence-electron chi connectivity index (χ4n) is 3.55. The van der Waals surface area contributed by atoms with Crippen LogP contribution in [-0.4, -0.2) is 43.7 Å². The summed E-state index contributed by atoms with van der Waals surface area (Å²) in [6.45, 7) is 9.10. The predicted molar refractivity (Wildman–Crippen MR) is 92.9 cm³/mol. The molecule has 1 N–H and O–H groups in total. The summed E-state index contributed by atoms with van der Waals surface area (Å²) in [6.07, 6.45) is 4.09. The molecule has 2 aliphatic heterocycles. The van der Waals surface area contributed by atoms with Gasteiger partial charge >= 0.3 is 0 Å². The van der Waals surface area contributed by atoms with Gasteiger partial charge in [-0.25, -0.2) is 0 Å². The number of rotatable bonds is 5. The molecule has 0 saturated carbocycles. The second-order valence-corrected chi connectivity index (χ2v) is 7.05. The Morgan fingerprint density at radius 2 is 2.05 bits per heavy atom. The summed E-state index contributed by atoms with van der Waals surface area (Å²) >= 11 is 3.77. The van der Waals surface area contributed by atoms with Gasteiger partial charge in [0.1, 0.15) is 0 Å². The molecule has 1 aromatic rings. The lowest BCUT2D eigenvalue weighted by atomic mass is 10.2. The maximum atomic E-state index is 3.77. The molecule has 2 fully saturated rings. The van der Waals surface area contributed by atoms with Crippen LogP contribution in [0, 0.1) is 0 Å². The summed E-state index contributed by atoms with van der Waals surface area (Å²) in [5.74, 6) is 0. The number of nitrogens with one attached hydrogen (secondary N) is 1. The van der Waals surface area contributed by atoms with E-state index in [2.05, 4.69) is 56.2 Å². The minimum absolute atomic E-state index is 0.765. The van der Waals surface area contributed by atoms with Crippen molar-refractivity contribution < 1.29 is 0 Å². The van der Waals surface area contributed by atoms with E-state index < -0.39 is 0 Å². The van der Waals surface area contributed by atoms with E-state index in [-0.39, 0.29) is 0 Å². The molecule has 1 aromatic carbocycles. The largest absolute Gasteiger partial charge is 0.369 e. The van der Waals surface area contributed by atoms with E-state index in [1.54, 1.807) is 0 Å². The summed E-state index contributed by atoms with van der Waals surface area (Å²) in [4.78, 5) is 5.23. The van der Waals surface area contributed by atoms with E-state index in [0.29, 0.717) is 0 Å². The SMILES string of the molecule is CCNCc1ccc(N2CCC(N3CCCC3)C2)c(Br)c1. The highest BCUT2D eigenvalue weighted by molar-refractivity contribution is 9.10. The second kappa shape index (κ2) is 7.12. The van der Waals surface area contributed by atoms with Crippen molar-refractivity contribution in [2.24, 2.45) is 0 Å². The van der Waals surface area contributed by atoms with Crippen LogP contribution in [0.2, 0.25) is 0 Å². The van der Waals surface area contributed by atoms with Crippen molar-refractivity contribution in [1.82, 2.24) is 10.2 Å². The van der Waals surface area contributed by atoms with Crippen LogP contribution in [0.3, 0.4) is 0 Å². The standard InChI is InChI=1S/C17H26BrN3/c1-2-19-12-14-5-6-17(16(18)11-14)21-10-7-15(13-21)20-8-3-4-9-20/h5-6,11,15,19H,2-4,7-10,12-13H2,1H3. The third-order valence-electron chi connectivity index (χ3n) is 4.75. The average molecular weight is 352 g/mol. The van der Waals surface area contributed by atoms with Crippen molar-refractivity contribution in [1.29, 1.82) is 0 Å². The quantitative estimate of drug-likeness (QED) is 0.878. The molecule has 3 nitrogen and oxygen atoms in total. The van der Waals surface area contributed by atoms with E-state index >= 15 is 0 Å². The second-order valence-electron chi connectivity index (χ2n) is 6.20. The number of halogens is 1. The molecule has 0 bridgehead atoms. The van der Waals surface area contributed by atoms with E-state index in [4.69, 9.17) is 0 Å². The molecule has 0 aromatic heterocycles. The molecule has 2 aliphatic rings. The van der Waals surface area contributed by atoms with Crippen molar-refractivity contribution in [3.63, 3.8) is 0 Å². The molecule has 2 heterocycles. The van der Waals surface area contributed by atoms with Gasteiger partial charge < -0.3 is 10.2 Å². The zero-order valence-electron chi connectivity index (χ0n) is 12.9. The Kier molecular flexibility index (Phi) is 5.19. The summed E-state index contributed by atoms with van der Waals surface area (Å²) in [5.41, 5.74) is 2.71. The number of hydrogen-bond acceptors (Lipinski definition) is 3. The fraction of sp³-hybridized carbons (Fsp3) is 0.647. The normalized spacial score (nSPS) is 23.1. The van der Waals surface area contributed by atoms with Gasteiger partial charge in [-0.15, -0.1) is 0 Å². The van der Waals surface area contributed by atoms with E-state index in [1.807, 2.05) is 0 Å². The van der Waals surface area contributed by atoms with Gasteiger partial charge in [-0.3, -0.25) is 4.90 Å². The molecule has 3 rings (SSSR count). The maximum Gasteiger partial charge on any atom is 0.0511 e. The molecule has 116 valence electrons. The van der Waals surface area contributed by atoms with E-state index in [0.717, 1.165) is 19.1 Å². The Bertz CT molecular complexity index is 471. The molecule has 0 amide bonds. The molecule has 1 unspecified atom stereocenters. The minimum atomic E-state index is 0.765. The summed E-state index contributed by atoms with van der Waals surface area (Å²) in [6, 6.07) is 7.57. The van der Waals surface area contributed by atoms with Gasteiger partial charge in [-0.05, 0) is 72.5 Å². The van der Waals surface area contributed by atoms with Crippen LogP contribution in [0.4, 0.5) is 5.69 Å². The third-order valence-corrected chi connectivity index (χ3v) is 5.39. The Morgan fingerprint density at radius 1 is 1.24 bits per heavy atom. The van der Waals surface area contributed by atoms with Gasteiger partial charge in [0.2, 0.25) is 0 Å². The van der Waals surface area contributed by atoms with E-state index in [1.165, 1.54) is 61.2 Å². The van der Waals surface area contributed by atoms with Gasteiger partial charge in [-0.1, -0.05) is 13.0 Å². The van der Waals surface area contributed by atoms with Crippen molar-refractivity contribution in [3.8, 4) is 0 Å². The van der Waals surface area contributed by atoms with Crippen LogP contribution >= 0.6 is 15.9 Å². The molecule has 1 atom stereocenters. The van der Waals surface area contributed by atoms with Crippen molar-refractivity contribution in [3.05, 3.63) is 28.2 Å². The number of benzene rings is 1. The first-order chi connectivity index (χ1) is 10.3. The fourth-order valence-corrected chi connectivity index (χ4v) is 4.23. The molecule has 0 spiro atoms. The first kappa shape index (κ1) is 15.3. The van der Waals surface area contributed by atoms with Crippen LogP contribution in [0.25, 0.3) is 0 Å². The third kappa shape index (κ3) is 3.61. The molecule has 0 radical (unpaired) electrons. The summed E-state index contributed by atoms with van der Waals surface area (Å²) in [7, 11) is 0. The summed E-state index contributed by atoms with van der Waals surface area (Å²) in [5, 5.41) is 3.38. The van der Waals surface area contributed by atoms with Gasteiger partial charge in [0, 0.05) is 30.1 Å². The predicted octanol–water partition coefficient (Wildman–Crippen LogP) is 3.23. The van der Waals surface area contributed by atoms with E-state index in [9.17, 15) is 0 Å². The number of likely N-dealkylation sites (tertiary alicyclic amines) is 1.